The van der Waals surface area contributed by atoms with Crippen molar-refractivity contribution < 1.29 is 4.74 Å². The van der Waals surface area contributed by atoms with Crippen molar-refractivity contribution in [3.8, 4) is 5.75 Å². The molecule has 2 N–H and O–H groups in total. The number of pyridine rings is 1. The molecular weight excluding hydrogens is 248 g/mol. The van der Waals surface area contributed by atoms with Crippen molar-refractivity contribution in [3.05, 3.63) is 58.9 Å². The highest BCUT2D eigenvalue weighted by Crippen LogP contribution is 2.27. The molecule has 0 bridgehead atoms. The third-order valence-electron chi connectivity index (χ3n) is 2.61. The Balaban J connectivity index is 2.14. The topological polar surface area (TPSA) is 48.1 Å². The van der Waals surface area contributed by atoms with Gasteiger partial charge in [-0.2, -0.15) is 0 Å². The smallest absolute Gasteiger partial charge is 0.124 e. The van der Waals surface area contributed by atoms with E-state index >= 15 is 0 Å². The van der Waals surface area contributed by atoms with Crippen LogP contribution in [0.15, 0.2) is 42.7 Å². The second kappa shape index (κ2) is 5.85. The van der Waals surface area contributed by atoms with Gasteiger partial charge in [0.15, 0.2) is 0 Å². The molecule has 2 rings (SSSR count). The number of halogens is 1. The van der Waals surface area contributed by atoms with Crippen LogP contribution in [-0.4, -0.2) is 4.98 Å². The van der Waals surface area contributed by atoms with E-state index < -0.39 is 0 Å². The summed E-state index contributed by atoms with van der Waals surface area (Å²) in [6, 6.07) is 9.21. The maximum Gasteiger partial charge on any atom is 0.124 e. The lowest BCUT2D eigenvalue weighted by Crippen LogP contribution is -2.08. The zero-order valence-corrected chi connectivity index (χ0v) is 10.9. The number of nitrogens with zero attached hydrogens (tertiary/aromatic N) is 1. The van der Waals surface area contributed by atoms with Crippen molar-refractivity contribution in [1.29, 1.82) is 0 Å². The Morgan fingerprint density at radius 2 is 2.00 bits per heavy atom. The molecule has 2 aromatic rings. The van der Waals surface area contributed by atoms with Crippen molar-refractivity contribution in [2.75, 3.05) is 0 Å². The van der Waals surface area contributed by atoms with Crippen LogP contribution in [0.25, 0.3) is 0 Å². The maximum absolute atomic E-state index is 5.96. The van der Waals surface area contributed by atoms with E-state index in [0.29, 0.717) is 11.6 Å². The van der Waals surface area contributed by atoms with Gasteiger partial charge in [-0.1, -0.05) is 11.6 Å². The van der Waals surface area contributed by atoms with Gasteiger partial charge in [0.25, 0.3) is 0 Å². The van der Waals surface area contributed by atoms with Crippen LogP contribution >= 0.6 is 11.6 Å². The van der Waals surface area contributed by atoms with Crippen molar-refractivity contribution in [2.24, 2.45) is 5.73 Å². The Hall–Kier alpha value is -1.58. The van der Waals surface area contributed by atoms with Crippen LogP contribution in [-0.2, 0) is 6.61 Å². The third kappa shape index (κ3) is 3.22. The monoisotopic (exact) mass is 262 g/mol. The van der Waals surface area contributed by atoms with Crippen LogP contribution in [0, 0.1) is 0 Å². The summed E-state index contributed by atoms with van der Waals surface area (Å²) in [7, 11) is 0. The zero-order chi connectivity index (χ0) is 13.0. The Morgan fingerprint density at radius 1 is 1.28 bits per heavy atom. The van der Waals surface area contributed by atoms with Gasteiger partial charge in [-0.3, -0.25) is 4.98 Å². The van der Waals surface area contributed by atoms with Crippen LogP contribution in [0.5, 0.6) is 5.75 Å². The first-order valence-corrected chi connectivity index (χ1v) is 6.11. The van der Waals surface area contributed by atoms with Gasteiger partial charge in [0, 0.05) is 29.0 Å². The Labute approximate surface area is 112 Å². The standard InChI is InChI=1S/C14H15ClN2O/c1-10(16)13-8-12(15)2-3-14(13)18-9-11-4-6-17-7-5-11/h2-8,10H,9,16H2,1H3/t10-/m0/s1. The summed E-state index contributed by atoms with van der Waals surface area (Å²) in [4.78, 5) is 3.96. The summed E-state index contributed by atoms with van der Waals surface area (Å²) < 4.78 is 5.77. The summed E-state index contributed by atoms with van der Waals surface area (Å²) in [5.41, 5.74) is 7.88. The predicted octanol–water partition coefficient (Wildman–Crippen LogP) is 3.33. The van der Waals surface area contributed by atoms with Gasteiger partial charge in [0.2, 0.25) is 0 Å². The van der Waals surface area contributed by atoms with Gasteiger partial charge in [0.1, 0.15) is 12.4 Å². The molecule has 0 saturated carbocycles. The molecule has 0 fully saturated rings. The van der Waals surface area contributed by atoms with E-state index in [1.807, 2.05) is 31.2 Å². The first kappa shape index (κ1) is 12.9. The summed E-state index contributed by atoms with van der Waals surface area (Å²) >= 11 is 5.96. The molecule has 1 aromatic heterocycles. The highest BCUT2D eigenvalue weighted by Gasteiger charge is 2.09. The molecule has 0 aliphatic heterocycles. The van der Waals surface area contributed by atoms with Crippen molar-refractivity contribution in [3.63, 3.8) is 0 Å². The Morgan fingerprint density at radius 3 is 2.67 bits per heavy atom. The summed E-state index contributed by atoms with van der Waals surface area (Å²) in [6.45, 7) is 2.40. The number of benzene rings is 1. The van der Waals surface area contributed by atoms with Crippen LogP contribution in [0.2, 0.25) is 5.02 Å². The average molecular weight is 263 g/mol. The third-order valence-corrected chi connectivity index (χ3v) is 2.84. The van der Waals surface area contributed by atoms with E-state index in [0.717, 1.165) is 16.9 Å². The second-order valence-corrected chi connectivity index (χ2v) is 4.55. The molecule has 0 aliphatic carbocycles. The number of aromatic nitrogens is 1. The van der Waals surface area contributed by atoms with Crippen molar-refractivity contribution >= 4 is 11.6 Å². The fourth-order valence-corrected chi connectivity index (χ4v) is 1.83. The van der Waals surface area contributed by atoms with Gasteiger partial charge in [-0.15, -0.1) is 0 Å². The summed E-state index contributed by atoms with van der Waals surface area (Å²) in [5, 5.41) is 0.665. The van der Waals surface area contributed by atoms with E-state index in [4.69, 9.17) is 22.1 Å². The highest BCUT2D eigenvalue weighted by molar-refractivity contribution is 6.30. The lowest BCUT2D eigenvalue weighted by atomic mass is 10.1. The molecule has 0 amide bonds. The molecule has 0 aliphatic rings. The predicted molar refractivity (Wildman–Crippen MR) is 72.6 cm³/mol. The molecule has 0 radical (unpaired) electrons. The van der Waals surface area contributed by atoms with Crippen molar-refractivity contribution in [1.82, 2.24) is 4.98 Å². The highest BCUT2D eigenvalue weighted by atomic mass is 35.5. The molecule has 0 unspecified atom stereocenters. The number of hydrogen-bond acceptors (Lipinski definition) is 3. The minimum absolute atomic E-state index is 0.115. The van der Waals surface area contributed by atoms with Crippen LogP contribution < -0.4 is 10.5 Å². The normalized spacial score (nSPS) is 12.2. The van der Waals surface area contributed by atoms with Crippen molar-refractivity contribution in [2.45, 2.75) is 19.6 Å². The molecular formula is C14H15ClN2O. The lowest BCUT2D eigenvalue weighted by molar-refractivity contribution is 0.301. The van der Waals surface area contributed by atoms with E-state index in [2.05, 4.69) is 4.98 Å². The van der Waals surface area contributed by atoms with Gasteiger partial charge in [0.05, 0.1) is 0 Å². The molecule has 0 saturated heterocycles. The SMILES string of the molecule is C[C@H](N)c1cc(Cl)ccc1OCc1ccncc1. The van der Waals surface area contributed by atoms with Gasteiger partial charge in [-0.05, 0) is 42.8 Å². The minimum Gasteiger partial charge on any atom is -0.489 e. The fourth-order valence-electron chi connectivity index (χ4n) is 1.65. The molecule has 3 nitrogen and oxygen atoms in total. The Kier molecular flexibility index (Phi) is 4.18. The molecule has 18 heavy (non-hydrogen) atoms. The quantitative estimate of drug-likeness (QED) is 0.919. The molecule has 1 aromatic carbocycles. The second-order valence-electron chi connectivity index (χ2n) is 4.11. The van der Waals surface area contributed by atoms with E-state index in [-0.39, 0.29) is 6.04 Å². The maximum atomic E-state index is 5.96. The summed E-state index contributed by atoms with van der Waals surface area (Å²) in [6.07, 6.45) is 3.49. The number of nitrogens with two attached hydrogens (primary N) is 1. The lowest BCUT2D eigenvalue weighted by Gasteiger charge is -2.14. The van der Waals surface area contributed by atoms with Crippen LogP contribution in [0.1, 0.15) is 24.1 Å². The number of hydrogen-bond donors (Lipinski definition) is 1. The number of ether oxygens (including phenoxy) is 1. The molecule has 0 spiro atoms. The van der Waals surface area contributed by atoms with Gasteiger partial charge < -0.3 is 10.5 Å². The van der Waals surface area contributed by atoms with E-state index in [1.165, 1.54) is 0 Å². The van der Waals surface area contributed by atoms with Crippen LogP contribution in [0.4, 0.5) is 0 Å². The first-order valence-electron chi connectivity index (χ1n) is 5.73. The molecule has 1 atom stereocenters. The average Bonchev–Trinajstić information content (AvgIpc) is 2.38. The van der Waals surface area contributed by atoms with Gasteiger partial charge >= 0.3 is 0 Å². The molecule has 4 heteroatoms. The molecule has 94 valence electrons. The fraction of sp³-hybridized carbons (Fsp3) is 0.214. The first-order chi connectivity index (χ1) is 8.66. The van der Waals surface area contributed by atoms with E-state index in [1.54, 1.807) is 18.5 Å². The van der Waals surface area contributed by atoms with E-state index in [9.17, 15) is 0 Å². The Bertz CT molecular complexity index is 514. The summed E-state index contributed by atoms with van der Waals surface area (Å²) in [5.74, 6) is 0.770. The minimum atomic E-state index is -0.115. The largest absolute Gasteiger partial charge is 0.489 e. The molecule has 1 heterocycles. The zero-order valence-electron chi connectivity index (χ0n) is 10.1. The number of rotatable bonds is 4. The van der Waals surface area contributed by atoms with Gasteiger partial charge in [-0.25, -0.2) is 0 Å². The van der Waals surface area contributed by atoms with Crippen LogP contribution in [0.3, 0.4) is 0 Å².